The lowest BCUT2D eigenvalue weighted by molar-refractivity contribution is 0.0930. The Bertz CT molecular complexity index is 1430. The highest BCUT2D eigenvalue weighted by Gasteiger charge is 2.29. The van der Waals surface area contributed by atoms with Crippen molar-refractivity contribution >= 4 is 17.5 Å². The summed E-state index contributed by atoms with van der Waals surface area (Å²) >= 11 is 0. The highest BCUT2D eigenvalue weighted by atomic mass is 19.3. The first-order valence-electron chi connectivity index (χ1n) is 11.4. The summed E-state index contributed by atoms with van der Waals surface area (Å²) in [5.74, 6) is -1.95. The number of hydrogen-bond donors (Lipinski definition) is 1. The molecule has 0 spiro atoms. The van der Waals surface area contributed by atoms with Gasteiger partial charge in [0.1, 0.15) is 12.1 Å². The van der Waals surface area contributed by atoms with E-state index in [-0.39, 0.29) is 35.2 Å². The van der Waals surface area contributed by atoms with Crippen LogP contribution in [0, 0.1) is 5.82 Å². The number of alkyl halides is 2. The normalized spacial score (nSPS) is 12.7. The number of Topliss-reactive ketones (excluding diaryl/α,β-unsaturated/α-hetero) is 1. The average Bonchev–Trinajstić information content (AvgIpc) is 3.48. The Hall–Kier alpha value is -4.16. The van der Waals surface area contributed by atoms with Crippen molar-refractivity contribution in [2.75, 3.05) is 5.32 Å². The number of aryl methyl sites for hydroxylation is 1. The van der Waals surface area contributed by atoms with Gasteiger partial charge in [-0.05, 0) is 17.5 Å². The minimum Gasteiger partial charge on any atom is -0.331 e. The number of nitrogens with one attached hydrogen (secondary N) is 1. The van der Waals surface area contributed by atoms with Gasteiger partial charge in [-0.2, -0.15) is 15.1 Å². The maximum Gasteiger partial charge on any atom is 0.294 e. The Balaban J connectivity index is 1.61. The molecule has 1 aromatic carbocycles. The third-order valence-corrected chi connectivity index (χ3v) is 5.56. The smallest absolute Gasteiger partial charge is 0.294 e. The molecule has 1 N–H and O–H groups in total. The Morgan fingerprint density at radius 2 is 1.92 bits per heavy atom. The highest BCUT2D eigenvalue weighted by molar-refractivity contribution is 5.92. The first-order valence-corrected chi connectivity index (χ1v) is 11.4. The minimum absolute atomic E-state index is 0.0129. The van der Waals surface area contributed by atoms with E-state index in [0.717, 1.165) is 6.33 Å². The molecule has 37 heavy (non-hydrogen) atoms. The fourth-order valence-corrected chi connectivity index (χ4v) is 3.63. The van der Waals surface area contributed by atoms with E-state index >= 15 is 4.39 Å². The first kappa shape index (κ1) is 25.9. The molecule has 194 valence electrons. The number of carbonyl (C=O) groups excluding carboxylic acids is 1. The molecule has 0 bridgehead atoms. The third kappa shape index (κ3) is 5.65. The molecule has 3 aromatic heterocycles. The summed E-state index contributed by atoms with van der Waals surface area (Å²) in [6.45, 7) is 7.13. The molecule has 0 aliphatic heterocycles. The lowest BCUT2D eigenvalue weighted by atomic mass is 9.89. The summed E-state index contributed by atoms with van der Waals surface area (Å²) in [6, 6.07) is 4.33. The van der Waals surface area contributed by atoms with E-state index < -0.39 is 34.9 Å². The van der Waals surface area contributed by atoms with Gasteiger partial charge >= 0.3 is 0 Å². The van der Waals surface area contributed by atoms with E-state index in [1.165, 1.54) is 12.1 Å². The van der Waals surface area contributed by atoms with Crippen LogP contribution < -0.4 is 5.32 Å². The number of halogens is 3. The van der Waals surface area contributed by atoms with Crippen LogP contribution in [0.1, 0.15) is 74.1 Å². The van der Waals surface area contributed by atoms with Crippen LogP contribution in [-0.4, -0.2) is 40.7 Å². The van der Waals surface area contributed by atoms with Crippen LogP contribution in [0.25, 0.3) is 11.4 Å². The summed E-state index contributed by atoms with van der Waals surface area (Å²) < 4.78 is 50.2. The molecule has 0 aliphatic rings. The van der Waals surface area contributed by atoms with Gasteiger partial charge in [-0.15, -0.1) is 0 Å². The van der Waals surface area contributed by atoms with Gasteiger partial charge < -0.3 is 9.84 Å². The number of hydrogen-bond acceptors (Lipinski definition) is 9. The summed E-state index contributed by atoms with van der Waals surface area (Å²) in [6.07, 6.45) is -0.531. The quantitative estimate of drug-likeness (QED) is 0.318. The zero-order valence-electron chi connectivity index (χ0n) is 20.8. The van der Waals surface area contributed by atoms with Crippen molar-refractivity contribution in [2.24, 2.45) is 7.05 Å². The first-order chi connectivity index (χ1) is 17.4. The van der Waals surface area contributed by atoms with Crippen LogP contribution in [-0.2, 0) is 12.5 Å². The van der Waals surface area contributed by atoms with Gasteiger partial charge in [-0.3, -0.25) is 9.48 Å². The largest absolute Gasteiger partial charge is 0.331 e. The molecule has 0 radical (unpaired) electrons. The van der Waals surface area contributed by atoms with Crippen LogP contribution in [0.2, 0.25) is 0 Å². The second-order valence-electron chi connectivity index (χ2n) is 9.56. The maximum absolute atomic E-state index is 15.4. The maximum atomic E-state index is 15.4. The number of nitrogens with zero attached hydrogens (tertiary/aromatic N) is 7. The van der Waals surface area contributed by atoms with Crippen molar-refractivity contribution < 1.29 is 22.5 Å². The molecular weight excluding hydrogens is 489 g/mol. The zero-order chi connectivity index (χ0) is 26.9. The van der Waals surface area contributed by atoms with E-state index in [1.54, 1.807) is 30.9 Å². The molecule has 4 rings (SSSR count). The molecule has 3 heterocycles. The molecule has 0 saturated carbocycles. The molecule has 1 atom stereocenters. The second kappa shape index (κ2) is 10.1. The Labute approximate surface area is 210 Å². The topological polar surface area (TPSA) is 125 Å². The van der Waals surface area contributed by atoms with Gasteiger partial charge in [-0.25, -0.2) is 23.1 Å². The molecule has 0 amide bonds. The molecule has 4 aromatic rings. The lowest BCUT2D eigenvalue weighted by Crippen LogP contribution is -2.14. The third-order valence-electron chi connectivity index (χ3n) is 5.56. The minimum atomic E-state index is -3.14. The van der Waals surface area contributed by atoms with Crippen LogP contribution in [0.5, 0.6) is 0 Å². The average molecular weight is 515 g/mol. The summed E-state index contributed by atoms with van der Waals surface area (Å²) in [5, 5.41) is 10.8. The van der Waals surface area contributed by atoms with Crippen LogP contribution in [0.3, 0.4) is 0 Å². The van der Waals surface area contributed by atoms with Crippen molar-refractivity contribution in [3.8, 4) is 11.4 Å². The number of ketones is 1. The number of benzene rings is 1. The van der Waals surface area contributed by atoms with Crippen LogP contribution >= 0.6 is 0 Å². The molecule has 0 unspecified atom stereocenters. The number of aromatic nitrogens is 7. The van der Waals surface area contributed by atoms with Crippen molar-refractivity contribution in [2.45, 2.75) is 51.9 Å². The van der Waals surface area contributed by atoms with Crippen molar-refractivity contribution in [3.63, 3.8) is 0 Å². The summed E-state index contributed by atoms with van der Waals surface area (Å²) in [7, 11) is 1.73. The fraction of sp³-hybridized carbons (Fsp3) is 0.375. The molecule has 0 aliphatic carbocycles. The van der Waals surface area contributed by atoms with Crippen molar-refractivity contribution in [3.05, 3.63) is 59.4 Å². The standard InChI is InChI=1S/C24H25F3N8O2/c1-12(10-15(36)21-32-22(34-37-21)24(2,3)4)13-6-7-14(18(25)17(13)19(26)27)20-28-11-29-23(31-20)30-16-8-9-35(5)33-16/h6-9,11-12,19H,10H2,1-5H3,(H,28,29,30,31,33)/t12-/m0/s1. The lowest BCUT2D eigenvalue weighted by Gasteiger charge is -2.17. The number of anilines is 2. The van der Waals surface area contributed by atoms with Crippen molar-refractivity contribution in [1.29, 1.82) is 0 Å². The predicted octanol–water partition coefficient (Wildman–Crippen LogP) is 5.15. The fourth-order valence-electron chi connectivity index (χ4n) is 3.63. The second-order valence-corrected chi connectivity index (χ2v) is 9.56. The van der Waals surface area contributed by atoms with Gasteiger partial charge in [0.05, 0.1) is 11.1 Å². The molecule has 10 nitrogen and oxygen atoms in total. The predicted molar refractivity (Wildman–Crippen MR) is 127 cm³/mol. The van der Waals surface area contributed by atoms with Gasteiger partial charge in [0.25, 0.3) is 12.3 Å². The Morgan fingerprint density at radius 1 is 1.16 bits per heavy atom. The molecule has 0 fully saturated rings. The molecule has 0 saturated heterocycles. The zero-order valence-corrected chi connectivity index (χ0v) is 20.8. The van der Waals surface area contributed by atoms with Gasteiger partial charge in [0.15, 0.2) is 17.5 Å². The summed E-state index contributed by atoms with van der Waals surface area (Å²) in [4.78, 5) is 28.9. The highest BCUT2D eigenvalue weighted by Crippen LogP contribution is 2.37. The Morgan fingerprint density at radius 3 is 2.54 bits per heavy atom. The molecule has 13 heteroatoms. The SMILES string of the molecule is C[C@@H](CC(=O)c1nc(C(C)(C)C)no1)c1ccc(-c2ncnc(Nc3ccn(C)n3)n2)c(F)c1C(F)F. The van der Waals surface area contributed by atoms with Gasteiger partial charge in [-0.1, -0.05) is 38.9 Å². The van der Waals surface area contributed by atoms with E-state index in [4.69, 9.17) is 4.52 Å². The van der Waals surface area contributed by atoms with Crippen LogP contribution in [0.4, 0.5) is 24.9 Å². The number of carbonyl (C=O) groups is 1. The summed E-state index contributed by atoms with van der Waals surface area (Å²) in [5.41, 5.74) is -1.49. The van der Waals surface area contributed by atoms with Gasteiger partial charge in [0, 0.05) is 31.1 Å². The Kier molecular flexibility index (Phi) is 7.05. The van der Waals surface area contributed by atoms with E-state index in [1.807, 2.05) is 20.8 Å². The monoisotopic (exact) mass is 514 g/mol. The van der Waals surface area contributed by atoms with E-state index in [9.17, 15) is 13.6 Å². The molecular formula is C24H25F3N8O2. The van der Waals surface area contributed by atoms with E-state index in [2.05, 4.69) is 35.5 Å². The van der Waals surface area contributed by atoms with Crippen LogP contribution in [0.15, 0.2) is 35.2 Å². The van der Waals surface area contributed by atoms with E-state index in [0.29, 0.717) is 11.6 Å². The number of rotatable bonds is 8. The van der Waals surface area contributed by atoms with Gasteiger partial charge in [0.2, 0.25) is 11.7 Å². The van der Waals surface area contributed by atoms with Crippen molar-refractivity contribution in [1.82, 2.24) is 34.9 Å².